The van der Waals surface area contributed by atoms with Gasteiger partial charge in [0.05, 0.1) is 12.5 Å². The van der Waals surface area contributed by atoms with Crippen LogP contribution in [-0.2, 0) is 14.7 Å². The van der Waals surface area contributed by atoms with Gasteiger partial charge >= 0.3 is 11.9 Å². The van der Waals surface area contributed by atoms with Crippen molar-refractivity contribution < 1.29 is 28.4 Å². The van der Waals surface area contributed by atoms with Gasteiger partial charge in [-0.2, -0.15) is 8.78 Å². The second kappa shape index (κ2) is 7.63. The number of hydrogen-bond donors (Lipinski definition) is 0. The molecule has 24 heavy (non-hydrogen) atoms. The number of alkyl halides is 2. The molecule has 0 aliphatic carbocycles. The Balaban J connectivity index is 3.21. The molecule has 0 aliphatic heterocycles. The summed E-state index contributed by atoms with van der Waals surface area (Å²) in [7, 11) is 0. The number of hydrogen-bond acceptors (Lipinski definition) is 5. The van der Waals surface area contributed by atoms with E-state index in [0.717, 1.165) is 13.8 Å². The number of rotatable bonds is 8. The van der Waals surface area contributed by atoms with Crippen LogP contribution in [0.4, 0.5) is 8.78 Å². The summed E-state index contributed by atoms with van der Waals surface area (Å²) in [6.07, 6.45) is 0. The van der Waals surface area contributed by atoms with Gasteiger partial charge in [-0.3, -0.25) is 10.1 Å². The predicted octanol–water partition coefficient (Wildman–Crippen LogP) is 2.63. The number of benzene rings is 1. The van der Waals surface area contributed by atoms with E-state index < -0.39 is 34.9 Å². The molecule has 1 atom stereocenters. The Kier molecular flexibility index (Phi) is 6.33. The predicted molar refractivity (Wildman–Crippen MR) is 79.2 cm³/mol. The molecule has 0 N–H and O–H groups in total. The van der Waals surface area contributed by atoms with E-state index in [4.69, 9.17) is 0 Å². The third kappa shape index (κ3) is 4.24. The normalized spacial score (nSPS) is 13.6. The fraction of sp³-hybridized carbons (Fsp3) is 0.533. The van der Waals surface area contributed by atoms with Crippen LogP contribution in [0.3, 0.4) is 0 Å². The van der Waals surface area contributed by atoms with Crippen molar-refractivity contribution in [1.29, 1.82) is 0 Å². The Morgan fingerprint density at radius 1 is 1.33 bits per heavy atom. The van der Waals surface area contributed by atoms with Crippen LogP contribution in [0.1, 0.15) is 32.3 Å². The van der Waals surface area contributed by atoms with Crippen molar-refractivity contribution in [3.8, 4) is 0 Å². The lowest BCUT2D eigenvalue weighted by Crippen LogP contribution is -2.51. The van der Waals surface area contributed by atoms with E-state index in [0.29, 0.717) is 0 Å². The van der Waals surface area contributed by atoms with Gasteiger partial charge in [0, 0.05) is 25.3 Å². The fourth-order valence-corrected chi connectivity index (χ4v) is 1.96. The van der Waals surface area contributed by atoms with E-state index in [1.54, 1.807) is 6.07 Å². The lowest BCUT2D eigenvalue weighted by atomic mass is 9.91. The molecule has 0 saturated heterocycles. The number of carbonyl (C=O) groups excluding carboxylic acids is 1. The minimum absolute atomic E-state index is 0.00977. The van der Waals surface area contributed by atoms with Gasteiger partial charge in [-0.15, -0.1) is 5.21 Å². The molecule has 1 aromatic carbocycles. The molecule has 0 spiro atoms. The maximum Gasteiger partial charge on any atom is 0.377 e. The summed E-state index contributed by atoms with van der Waals surface area (Å²) >= 11 is 0. The van der Waals surface area contributed by atoms with E-state index in [2.05, 4.69) is 4.74 Å². The monoisotopic (exact) mass is 345 g/mol. The second-order valence-electron chi connectivity index (χ2n) is 5.62. The summed E-state index contributed by atoms with van der Waals surface area (Å²) in [5, 5.41) is 23.0. The molecule has 0 bridgehead atoms. The number of carbonyl (C=O) groups is 1. The number of nitrogens with zero attached hydrogens (tertiary/aromatic N) is 2. The van der Waals surface area contributed by atoms with Crippen molar-refractivity contribution in [2.75, 3.05) is 13.2 Å². The van der Waals surface area contributed by atoms with Crippen LogP contribution in [-0.4, -0.2) is 40.7 Å². The summed E-state index contributed by atoms with van der Waals surface area (Å²) in [6.45, 7) is 2.19. The molecule has 9 heteroatoms. The summed E-state index contributed by atoms with van der Waals surface area (Å²) in [5.74, 6) is -7.66. The SMILES string of the molecule is CCOC(=O)C(F)(F)C(CN([O])C(C)(C)[N+](=O)[O-])c1ccccc1. The minimum Gasteiger partial charge on any atom is -0.462 e. The number of esters is 1. The van der Waals surface area contributed by atoms with E-state index >= 15 is 0 Å². The summed E-state index contributed by atoms with van der Waals surface area (Å²) in [6, 6.07) is 7.17. The van der Waals surface area contributed by atoms with Crippen molar-refractivity contribution in [1.82, 2.24) is 5.06 Å². The van der Waals surface area contributed by atoms with Crippen molar-refractivity contribution in [3.05, 3.63) is 46.0 Å². The Morgan fingerprint density at radius 3 is 2.33 bits per heavy atom. The molecular formula is C15H19F2N2O5. The highest BCUT2D eigenvalue weighted by atomic mass is 19.3. The topological polar surface area (TPSA) is 92.6 Å². The Morgan fingerprint density at radius 2 is 1.88 bits per heavy atom. The van der Waals surface area contributed by atoms with Gasteiger partial charge in [0.15, 0.2) is 0 Å². The molecule has 0 aromatic heterocycles. The van der Waals surface area contributed by atoms with Crippen LogP contribution in [0.15, 0.2) is 30.3 Å². The van der Waals surface area contributed by atoms with Crippen molar-refractivity contribution in [2.24, 2.45) is 0 Å². The third-order valence-electron chi connectivity index (χ3n) is 3.59. The summed E-state index contributed by atoms with van der Waals surface area (Å²) in [4.78, 5) is 21.7. The first kappa shape index (κ1) is 19.9. The minimum atomic E-state index is -4.01. The van der Waals surface area contributed by atoms with Crippen LogP contribution < -0.4 is 0 Å². The average Bonchev–Trinajstić information content (AvgIpc) is 2.52. The van der Waals surface area contributed by atoms with Gasteiger partial charge in [-0.25, -0.2) is 4.79 Å². The number of hydroxylamine groups is 2. The zero-order chi connectivity index (χ0) is 18.5. The van der Waals surface area contributed by atoms with E-state index in [1.807, 2.05) is 0 Å². The van der Waals surface area contributed by atoms with Crippen LogP contribution in [0, 0.1) is 10.1 Å². The molecule has 133 valence electrons. The number of nitro groups is 1. The van der Waals surface area contributed by atoms with Crippen molar-refractivity contribution >= 4 is 5.97 Å². The second-order valence-corrected chi connectivity index (χ2v) is 5.62. The fourth-order valence-electron chi connectivity index (χ4n) is 1.96. The summed E-state index contributed by atoms with van der Waals surface area (Å²) < 4.78 is 33.4. The van der Waals surface area contributed by atoms with Crippen LogP contribution >= 0.6 is 0 Å². The molecule has 1 aromatic rings. The molecule has 0 saturated carbocycles. The molecule has 0 aliphatic rings. The first-order valence-electron chi connectivity index (χ1n) is 7.24. The highest BCUT2D eigenvalue weighted by Gasteiger charge is 2.52. The third-order valence-corrected chi connectivity index (χ3v) is 3.59. The molecule has 7 nitrogen and oxygen atoms in total. The zero-order valence-electron chi connectivity index (χ0n) is 13.6. The number of ether oxygens (including phenoxy) is 1. The van der Waals surface area contributed by atoms with E-state index in [9.17, 15) is 28.9 Å². The van der Waals surface area contributed by atoms with Crippen LogP contribution in [0.2, 0.25) is 0 Å². The van der Waals surface area contributed by atoms with Gasteiger partial charge in [-0.1, -0.05) is 35.4 Å². The Hall–Kier alpha value is -2.13. The quantitative estimate of drug-likeness (QED) is 0.312. The van der Waals surface area contributed by atoms with Gasteiger partial charge in [0.25, 0.3) is 5.66 Å². The highest BCUT2D eigenvalue weighted by molar-refractivity contribution is 5.79. The van der Waals surface area contributed by atoms with Crippen LogP contribution in [0.25, 0.3) is 0 Å². The highest BCUT2D eigenvalue weighted by Crippen LogP contribution is 2.36. The van der Waals surface area contributed by atoms with Gasteiger partial charge < -0.3 is 4.74 Å². The van der Waals surface area contributed by atoms with Gasteiger partial charge in [0.1, 0.15) is 0 Å². The molecule has 0 amide bonds. The van der Waals surface area contributed by atoms with Gasteiger partial charge in [0.2, 0.25) is 0 Å². The average molecular weight is 345 g/mol. The lowest BCUT2D eigenvalue weighted by Gasteiger charge is -2.30. The number of halogens is 2. The first-order chi connectivity index (χ1) is 11.0. The van der Waals surface area contributed by atoms with Crippen LogP contribution in [0.5, 0.6) is 0 Å². The molecule has 1 radical (unpaired) electrons. The maximum absolute atomic E-state index is 14.5. The Bertz CT molecular complexity index is 580. The van der Waals surface area contributed by atoms with Gasteiger partial charge in [-0.05, 0) is 12.5 Å². The van der Waals surface area contributed by atoms with E-state index in [1.165, 1.54) is 31.2 Å². The standard InChI is InChI=1S/C15H19F2N2O5/c1-4-24-13(20)15(16,17)12(11-8-6-5-7-9-11)10-18(21)14(2,3)19(22)23/h5-9,12H,4,10H2,1-3H3. The van der Waals surface area contributed by atoms with E-state index in [-0.39, 0.29) is 17.2 Å². The van der Waals surface area contributed by atoms with Crippen molar-refractivity contribution in [3.63, 3.8) is 0 Å². The molecular weight excluding hydrogens is 326 g/mol. The Labute approximate surface area is 137 Å². The molecule has 1 rings (SSSR count). The summed E-state index contributed by atoms with van der Waals surface area (Å²) in [5.41, 5.74) is -2.10. The molecule has 0 heterocycles. The lowest BCUT2D eigenvalue weighted by molar-refractivity contribution is -0.621. The maximum atomic E-state index is 14.5. The van der Waals surface area contributed by atoms with Crippen molar-refractivity contribution in [2.45, 2.75) is 38.3 Å². The largest absolute Gasteiger partial charge is 0.462 e. The smallest absolute Gasteiger partial charge is 0.377 e. The first-order valence-corrected chi connectivity index (χ1v) is 7.24. The zero-order valence-corrected chi connectivity index (χ0v) is 13.6. The molecule has 1 unspecified atom stereocenters. The molecule has 0 fully saturated rings.